The summed E-state index contributed by atoms with van der Waals surface area (Å²) in [5, 5.41) is 4.46. The molecule has 0 radical (unpaired) electrons. The molecule has 19 heavy (non-hydrogen) atoms. The molecule has 1 aromatic heterocycles. The van der Waals surface area contributed by atoms with E-state index < -0.39 is 5.97 Å². The van der Waals surface area contributed by atoms with Gasteiger partial charge in [0.2, 0.25) is 0 Å². The number of aromatic nitrogens is 1. The molecule has 100 valence electrons. The Kier molecular flexibility index (Phi) is 4.07. The number of ether oxygens (including phenoxy) is 1. The number of nitrogens with zero attached hydrogens (tertiary/aromatic N) is 1. The van der Waals surface area contributed by atoms with Crippen molar-refractivity contribution in [1.82, 2.24) is 4.98 Å². The summed E-state index contributed by atoms with van der Waals surface area (Å²) in [4.78, 5) is 16.5. The Morgan fingerprint density at radius 1 is 1.42 bits per heavy atom. The van der Waals surface area contributed by atoms with Crippen LogP contribution in [0.25, 0.3) is 0 Å². The van der Waals surface area contributed by atoms with E-state index in [2.05, 4.69) is 15.0 Å². The zero-order valence-electron chi connectivity index (χ0n) is 10.8. The zero-order chi connectivity index (χ0) is 14.0. The maximum absolute atomic E-state index is 11.5. The highest BCUT2D eigenvalue weighted by Gasteiger charge is 2.16. The number of esters is 1. The molecule has 1 N–H and O–H groups in total. The molecule has 0 amide bonds. The van der Waals surface area contributed by atoms with Crippen molar-refractivity contribution in [2.75, 3.05) is 12.4 Å². The first-order chi connectivity index (χ1) is 9.01. The fourth-order valence-electron chi connectivity index (χ4n) is 1.58. The Balaban J connectivity index is 2.29. The molecule has 0 bridgehead atoms. The van der Waals surface area contributed by atoms with Crippen LogP contribution >= 0.6 is 22.9 Å². The third kappa shape index (κ3) is 3.05. The van der Waals surface area contributed by atoms with E-state index in [1.54, 1.807) is 0 Å². The summed E-state index contributed by atoms with van der Waals surface area (Å²) in [5.41, 5.74) is 2.27. The SMILES string of the molecule is COC(=O)c1nc(Nc2cc(Cl)ccc2C)sc1C. The first kappa shape index (κ1) is 13.8. The molecule has 1 aromatic carbocycles. The van der Waals surface area contributed by atoms with Gasteiger partial charge in [0.25, 0.3) is 0 Å². The lowest BCUT2D eigenvalue weighted by molar-refractivity contribution is 0.0594. The number of hydrogen-bond donors (Lipinski definition) is 1. The minimum Gasteiger partial charge on any atom is -0.464 e. The van der Waals surface area contributed by atoms with Gasteiger partial charge in [0.1, 0.15) is 0 Å². The number of methoxy groups -OCH3 is 1. The predicted molar refractivity (Wildman–Crippen MR) is 77.7 cm³/mol. The zero-order valence-corrected chi connectivity index (χ0v) is 12.4. The van der Waals surface area contributed by atoms with Crippen molar-refractivity contribution in [2.45, 2.75) is 13.8 Å². The van der Waals surface area contributed by atoms with E-state index in [-0.39, 0.29) is 0 Å². The smallest absolute Gasteiger partial charge is 0.357 e. The number of aryl methyl sites for hydroxylation is 2. The molecule has 0 spiro atoms. The van der Waals surface area contributed by atoms with Gasteiger partial charge < -0.3 is 10.1 Å². The van der Waals surface area contributed by atoms with Crippen molar-refractivity contribution in [2.24, 2.45) is 0 Å². The topological polar surface area (TPSA) is 51.2 Å². The lowest BCUT2D eigenvalue weighted by Crippen LogP contribution is -2.03. The molecule has 0 aliphatic carbocycles. The minimum atomic E-state index is -0.426. The summed E-state index contributed by atoms with van der Waals surface area (Å²) in [6.45, 7) is 3.81. The van der Waals surface area contributed by atoms with E-state index >= 15 is 0 Å². The summed E-state index contributed by atoms with van der Waals surface area (Å²) in [7, 11) is 1.34. The number of thiazole rings is 1. The number of rotatable bonds is 3. The maximum atomic E-state index is 11.5. The molecule has 0 aliphatic heterocycles. The molecule has 0 saturated heterocycles. The lowest BCUT2D eigenvalue weighted by Gasteiger charge is -2.06. The number of carbonyl (C=O) groups is 1. The standard InChI is InChI=1S/C13H13ClN2O2S/c1-7-4-5-9(14)6-10(7)15-13-16-11(8(2)19-13)12(17)18-3/h4-6H,1-3H3,(H,15,16). The third-order valence-corrected chi connectivity index (χ3v) is 3.74. The van der Waals surface area contributed by atoms with Crippen molar-refractivity contribution in [3.63, 3.8) is 0 Å². The number of nitrogens with one attached hydrogen (secondary N) is 1. The molecule has 2 aromatic rings. The molecule has 0 unspecified atom stereocenters. The van der Waals surface area contributed by atoms with Crippen LogP contribution in [0.15, 0.2) is 18.2 Å². The van der Waals surface area contributed by atoms with Crippen LogP contribution < -0.4 is 5.32 Å². The maximum Gasteiger partial charge on any atom is 0.357 e. The lowest BCUT2D eigenvalue weighted by atomic mass is 10.2. The summed E-state index contributed by atoms with van der Waals surface area (Å²) in [6, 6.07) is 5.58. The Morgan fingerprint density at radius 3 is 2.84 bits per heavy atom. The van der Waals surface area contributed by atoms with Crippen LogP contribution in [-0.2, 0) is 4.74 Å². The number of hydrogen-bond acceptors (Lipinski definition) is 5. The number of anilines is 2. The second kappa shape index (κ2) is 5.59. The van der Waals surface area contributed by atoms with Crippen molar-refractivity contribution in [3.05, 3.63) is 39.4 Å². The normalized spacial score (nSPS) is 10.3. The Hall–Kier alpha value is -1.59. The summed E-state index contributed by atoms with van der Waals surface area (Å²) in [6.07, 6.45) is 0. The van der Waals surface area contributed by atoms with Gasteiger partial charge in [-0.3, -0.25) is 0 Å². The van der Waals surface area contributed by atoms with Gasteiger partial charge >= 0.3 is 5.97 Å². The van der Waals surface area contributed by atoms with Crippen molar-refractivity contribution in [3.8, 4) is 0 Å². The van der Waals surface area contributed by atoms with E-state index in [0.29, 0.717) is 15.8 Å². The quantitative estimate of drug-likeness (QED) is 0.872. The van der Waals surface area contributed by atoms with Gasteiger partial charge in [-0.1, -0.05) is 17.7 Å². The van der Waals surface area contributed by atoms with Crippen LogP contribution in [-0.4, -0.2) is 18.1 Å². The fourth-order valence-corrected chi connectivity index (χ4v) is 2.57. The van der Waals surface area contributed by atoms with Crippen molar-refractivity contribution >= 4 is 39.7 Å². The third-order valence-electron chi connectivity index (χ3n) is 2.62. The largest absolute Gasteiger partial charge is 0.464 e. The van der Waals surface area contributed by atoms with Crippen molar-refractivity contribution in [1.29, 1.82) is 0 Å². The van der Waals surface area contributed by atoms with Crippen LogP contribution in [0.4, 0.5) is 10.8 Å². The highest BCUT2D eigenvalue weighted by molar-refractivity contribution is 7.15. The average molecular weight is 297 g/mol. The summed E-state index contributed by atoms with van der Waals surface area (Å²) >= 11 is 7.36. The molecule has 4 nitrogen and oxygen atoms in total. The summed E-state index contributed by atoms with van der Waals surface area (Å²) < 4.78 is 4.68. The van der Waals surface area contributed by atoms with Gasteiger partial charge in [0.15, 0.2) is 10.8 Å². The van der Waals surface area contributed by atoms with Crippen LogP contribution in [0, 0.1) is 13.8 Å². The predicted octanol–water partition coefficient (Wildman–Crippen LogP) is 3.94. The van der Waals surface area contributed by atoms with Gasteiger partial charge in [-0.25, -0.2) is 9.78 Å². The first-order valence-electron chi connectivity index (χ1n) is 5.60. The molecule has 0 fully saturated rings. The Labute approximate surface area is 120 Å². The molecule has 6 heteroatoms. The first-order valence-corrected chi connectivity index (χ1v) is 6.79. The Bertz CT molecular complexity index is 625. The second-order valence-electron chi connectivity index (χ2n) is 4.00. The van der Waals surface area contributed by atoms with Crippen molar-refractivity contribution < 1.29 is 9.53 Å². The van der Waals surface area contributed by atoms with E-state index in [9.17, 15) is 4.79 Å². The van der Waals surface area contributed by atoms with Crippen LogP contribution in [0.2, 0.25) is 5.02 Å². The van der Waals surface area contributed by atoms with Crippen LogP contribution in [0.1, 0.15) is 20.9 Å². The molecule has 2 rings (SSSR count). The van der Waals surface area contributed by atoms with E-state index in [4.69, 9.17) is 11.6 Å². The molecular formula is C13H13ClN2O2S. The minimum absolute atomic E-state index is 0.342. The summed E-state index contributed by atoms with van der Waals surface area (Å²) in [5.74, 6) is -0.426. The van der Waals surface area contributed by atoms with E-state index in [1.165, 1.54) is 18.4 Å². The molecule has 0 aliphatic rings. The molecule has 0 saturated carbocycles. The second-order valence-corrected chi connectivity index (χ2v) is 5.64. The average Bonchev–Trinajstić information content (AvgIpc) is 2.74. The van der Waals surface area contributed by atoms with Crippen LogP contribution in [0.5, 0.6) is 0 Å². The molecule has 0 atom stereocenters. The van der Waals surface area contributed by atoms with E-state index in [1.807, 2.05) is 32.0 Å². The molecule has 1 heterocycles. The molecular weight excluding hydrogens is 284 g/mol. The number of halogens is 1. The number of carbonyl (C=O) groups excluding carboxylic acids is 1. The fraction of sp³-hybridized carbons (Fsp3) is 0.231. The monoisotopic (exact) mass is 296 g/mol. The van der Waals surface area contributed by atoms with E-state index in [0.717, 1.165) is 16.1 Å². The van der Waals surface area contributed by atoms with Gasteiger partial charge in [0.05, 0.1) is 7.11 Å². The Morgan fingerprint density at radius 2 is 2.16 bits per heavy atom. The van der Waals surface area contributed by atoms with Gasteiger partial charge in [-0.15, -0.1) is 11.3 Å². The highest BCUT2D eigenvalue weighted by Crippen LogP contribution is 2.28. The van der Waals surface area contributed by atoms with Gasteiger partial charge in [-0.2, -0.15) is 0 Å². The van der Waals surface area contributed by atoms with Crippen LogP contribution in [0.3, 0.4) is 0 Å². The highest BCUT2D eigenvalue weighted by atomic mass is 35.5. The van der Waals surface area contributed by atoms with Gasteiger partial charge in [0, 0.05) is 15.6 Å². The van der Waals surface area contributed by atoms with Gasteiger partial charge in [-0.05, 0) is 31.5 Å². The number of benzene rings is 1.